The van der Waals surface area contributed by atoms with E-state index in [4.69, 9.17) is 4.74 Å². The number of hydrogen-bond donors (Lipinski definition) is 0. The van der Waals surface area contributed by atoms with Crippen LogP contribution in [0.4, 0.5) is 10.2 Å². The van der Waals surface area contributed by atoms with Crippen LogP contribution >= 0.6 is 0 Å². The van der Waals surface area contributed by atoms with E-state index in [1.54, 1.807) is 49.9 Å². The molecule has 2 amide bonds. The zero-order valence-corrected chi connectivity index (χ0v) is 16.8. The fraction of sp³-hybridized carbons (Fsp3) is 0.286. The summed E-state index contributed by atoms with van der Waals surface area (Å²) >= 11 is 0. The summed E-state index contributed by atoms with van der Waals surface area (Å²) in [4.78, 5) is 32.2. The summed E-state index contributed by atoms with van der Waals surface area (Å²) in [7, 11) is 4.89. The van der Waals surface area contributed by atoms with Gasteiger partial charge >= 0.3 is 0 Å². The third-order valence-electron chi connectivity index (χ3n) is 4.57. The van der Waals surface area contributed by atoms with Gasteiger partial charge in [-0.25, -0.2) is 9.37 Å². The van der Waals surface area contributed by atoms with Crippen LogP contribution in [0, 0.1) is 5.82 Å². The fourth-order valence-corrected chi connectivity index (χ4v) is 2.96. The van der Waals surface area contributed by atoms with Gasteiger partial charge < -0.3 is 9.64 Å². The maximum Gasteiger partial charge on any atom is 0.262 e. The minimum Gasteiger partial charge on any atom is -0.480 e. The number of nitrogens with zero attached hydrogens (tertiary/aromatic N) is 4. The van der Waals surface area contributed by atoms with Crippen molar-refractivity contribution < 1.29 is 18.7 Å². The molecule has 3 rings (SSSR count). The molecule has 0 aliphatic heterocycles. The second-order valence-electron chi connectivity index (χ2n) is 6.72. The summed E-state index contributed by atoms with van der Waals surface area (Å²) < 4.78 is 21.5. The summed E-state index contributed by atoms with van der Waals surface area (Å²) in [5.41, 5.74) is 1.13. The minimum atomic E-state index is -0.581. The lowest BCUT2D eigenvalue weighted by molar-refractivity contribution is -0.130. The maximum atomic E-state index is 14.1. The summed E-state index contributed by atoms with van der Waals surface area (Å²) in [5, 5.41) is 0. The molecule has 0 saturated heterocycles. The van der Waals surface area contributed by atoms with Crippen molar-refractivity contribution in [3.8, 4) is 5.75 Å². The number of likely N-dealkylation sites (N-methyl/N-ethyl adjacent to an activating group) is 1. The molecule has 0 bridgehead atoms. The highest BCUT2D eigenvalue weighted by Crippen LogP contribution is 2.29. The zero-order chi connectivity index (χ0) is 21.1. The quantitative estimate of drug-likeness (QED) is 0.640. The molecule has 1 aromatic carbocycles. The number of carbonyl (C=O) groups excluding carboxylic acids is 2. The molecule has 0 spiro atoms. The number of aryl methyl sites for hydroxylation is 1. The van der Waals surface area contributed by atoms with Gasteiger partial charge in [-0.1, -0.05) is 19.1 Å². The number of imidazole rings is 1. The predicted molar refractivity (Wildman–Crippen MR) is 108 cm³/mol. The predicted octanol–water partition coefficient (Wildman–Crippen LogP) is 2.78. The second kappa shape index (κ2) is 8.30. The van der Waals surface area contributed by atoms with Crippen LogP contribution in [0.2, 0.25) is 0 Å². The third kappa shape index (κ3) is 3.91. The summed E-state index contributed by atoms with van der Waals surface area (Å²) in [6.45, 7) is 1.79. The molecule has 0 fully saturated rings. The Kier molecular flexibility index (Phi) is 5.81. The first-order valence-electron chi connectivity index (χ1n) is 9.20. The molecule has 2 aromatic heterocycles. The van der Waals surface area contributed by atoms with Crippen molar-refractivity contribution in [2.45, 2.75) is 13.3 Å². The van der Waals surface area contributed by atoms with E-state index < -0.39 is 11.7 Å². The first-order chi connectivity index (χ1) is 13.8. The average Bonchev–Trinajstić information content (AvgIpc) is 3.10. The number of halogens is 1. The molecule has 152 valence electrons. The number of pyridine rings is 1. The average molecular weight is 398 g/mol. The first kappa shape index (κ1) is 20.3. The number of anilines is 1. The number of fused-ring (bicyclic) bond motifs is 1. The van der Waals surface area contributed by atoms with Crippen LogP contribution in [-0.2, 0) is 11.2 Å². The SMILES string of the molecule is CCc1nc2c(OCC(=O)N(C)C)cccn2c1N(C)C(=O)c1ccccc1F. The highest BCUT2D eigenvalue weighted by molar-refractivity contribution is 6.06. The first-order valence-corrected chi connectivity index (χ1v) is 9.20. The second-order valence-corrected chi connectivity index (χ2v) is 6.72. The Hall–Kier alpha value is -3.42. The summed E-state index contributed by atoms with van der Waals surface area (Å²) in [6, 6.07) is 9.32. The van der Waals surface area contributed by atoms with Crippen LogP contribution in [0.15, 0.2) is 42.6 Å². The topological polar surface area (TPSA) is 67.2 Å². The van der Waals surface area contributed by atoms with Crippen LogP contribution < -0.4 is 9.64 Å². The van der Waals surface area contributed by atoms with Gasteiger partial charge in [0.2, 0.25) is 0 Å². The van der Waals surface area contributed by atoms with Gasteiger partial charge in [0.1, 0.15) is 11.6 Å². The van der Waals surface area contributed by atoms with Gasteiger partial charge in [-0.05, 0) is 30.7 Å². The van der Waals surface area contributed by atoms with E-state index in [9.17, 15) is 14.0 Å². The lowest BCUT2D eigenvalue weighted by Crippen LogP contribution is -2.29. The Morgan fingerprint density at radius 3 is 2.52 bits per heavy atom. The van der Waals surface area contributed by atoms with Gasteiger partial charge in [-0.3, -0.25) is 18.9 Å². The third-order valence-corrected chi connectivity index (χ3v) is 4.57. The number of benzene rings is 1. The van der Waals surface area contributed by atoms with Gasteiger partial charge in [0.15, 0.2) is 18.0 Å². The summed E-state index contributed by atoms with van der Waals surface area (Å²) in [6.07, 6.45) is 2.31. The normalized spacial score (nSPS) is 10.8. The highest BCUT2D eigenvalue weighted by Gasteiger charge is 2.24. The molecular formula is C21H23FN4O3. The van der Waals surface area contributed by atoms with Crippen LogP contribution in [0.1, 0.15) is 23.0 Å². The smallest absolute Gasteiger partial charge is 0.262 e. The molecular weight excluding hydrogens is 375 g/mol. The van der Waals surface area contributed by atoms with E-state index in [1.165, 1.54) is 28.0 Å². The van der Waals surface area contributed by atoms with E-state index in [0.717, 1.165) is 0 Å². The lowest BCUT2D eigenvalue weighted by atomic mass is 10.2. The van der Waals surface area contributed by atoms with Crippen molar-refractivity contribution in [1.82, 2.24) is 14.3 Å². The van der Waals surface area contributed by atoms with Crippen molar-refractivity contribution >= 4 is 23.3 Å². The number of rotatable bonds is 6. The van der Waals surface area contributed by atoms with Gasteiger partial charge in [0.25, 0.3) is 11.8 Å². The molecule has 8 heteroatoms. The Bertz CT molecular complexity index is 1060. The van der Waals surface area contributed by atoms with Gasteiger partial charge in [-0.2, -0.15) is 0 Å². The van der Waals surface area contributed by atoms with Crippen molar-refractivity contribution in [3.63, 3.8) is 0 Å². The fourth-order valence-electron chi connectivity index (χ4n) is 2.96. The Morgan fingerprint density at radius 2 is 1.86 bits per heavy atom. The molecule has 2 heterocycles. The number of ether oxygens (including phenoxy) is 1. The Morgan fingerprint density at radius 1 is 1.14 bits per heavy atom. The standard InChI is InChI=1S/C21H23FN4O3/c1-5-16-20(25(4)21(28)14-9-6-7-10-15(14)22)26-12-8-11-17(19(26)23-16)29-13-18(27)24(2)3/h6-12H,5,13H2,1-4H3. The van der Waals surface area contributed by atoms with Crippen LogP contribution in [0.25, 0.3) is 5.65 Å². The van der Waals surface area contributed by atoms with E-state index in [0.29, 0.717) is 29.3 Å². The molecule has 0 radical (unpaired) electrons. The number of amides is 2. The minimum absolute atomic E-state index is 0.0176. The van der Waals surface area contributed by atoms with Crippen LogP contribution in [0.3, 0.4) is 0 Å². The Labute approximate surface area is 168 Å². The van der Waals surface area contributed by atoms with Gasteiger partial charge in [-0.15, -0.1) is 0 Å². The van der Waals surface area contributed by atoms with Crippen molar-refractivity contribution in [2.75, 3.05) is 32.6 Å². The molecule has 0 atom stereocenters. The largest absolute Gasteiger partial charge is 0.480 e. The molecule has 0 aliphatic rings. The van der Waals surface area contributed by atoms with E-state index in [1.807, 2.05) is 6.92 Å². The van der Waals surface area contributed by atoms with Gasteiger partial charge in [0.05, 0.1) is 11.3 Å². The molecule has 7 nitrogen and oxygen atoms in total. The van der Waals surface area contributed by atoms with E-state index >= 15 is 0 Å². The summed E-state index contributed by atoms with van der Waals surface area (Å²) in [5.74, 6) is -0.284. The van der Waals surface area contributed by atoms with Crippen LogP contribution in [-0.4, -0.2) is 53.8 Å². The van der Waals surface area contributed by atoms with Crippen molar-refractivity contribution in [1.29, 1.82) is 0 Å². The van der Waals surface area contributed by atoms with Crippen LogP contribution in [0.5, 0.6) is 5.75 Å². The maximum absolute atomic E-state index is 14.1. The molecule has 0 N–H and O–H groups in total. The zero-order valence-electron chi connectivity index (χ0n) is 16.8. The molecule has 3 aromatic rings. The molecule has 0 saturated carbocycles. The molecule has 0 aliphatic carbocycles. The van der Waals surface area contributed by atoms with E-state index in [-0.39, 0.29) is 18.1 Å². The van der Waals surface area contributed by atoms with E-state index in [2.05, 4.69) is 4.98 Å². The van der Waals surface area contributed by atoms with Gasteiger partial charge in [0, 0.05) is 27.3 Å². The number of aromatic nitrogens is 2. The molecule has 0 unspecified atom stereocenters. The highest BCUT2D eigenvalue weighted by atomic mass is 19.1. The number of carbonyl (C=O) groups is 2. The monoisotopic (exact) mass is 398 g/mol. The number of hydrogen-bond acceptors (Lipinski definition) is 4. The Balaban J connectivity index is 2.02. The van der Waals surface area contributed by atoms with Crippen molar-refractivity contribution in [2.24, 2.45) is 0 Å². The lowest BCUT2D eigenvalue weighted by Gasteiger charge is -2.19. The molecule has 29 heavy (non-hydrogen) atoms. The van der Waals surface area contributed by atoms with Crippen molar-refractivity contribution in [3.05, 3.63) is 59.7 Å².